The Hall–Kier alpha value is -1.58. The molecule has 5 N–H and O–H groups in total. The maximum atomic E-state index is 8.56. The number of hydrogen-bond acceptors (Lipinski definition) is 5. The zero-order valence-corrected chi connectivity index (χ0v) is 9.57. The third-order valence-corrected chi connectivity index (χ3v) is 1.12. The van der Waals surface area contributed by atoms with E-state index in [4.69, 9.17) is 40.0 Å². The average Bonchev–Trinajstić information content (AvgIpc) is 2.15. The van der Waals surface area contributed by atoms with Gasteiger partial charge in [-0.3, -0.25) is 5.26 Å². The monoisotopic (exact) mass is 258 g/mol. The molecular weight excluding hydrogens is 240 g/mol. The minimum absolute atomic E-state index is 0.0417. The first-order valence-corrected chi connectivity index (χ1v) is 4.53. The Labute approximate surface area is 97.8 Å². The first-order chi connectivity index (χ1) is 7.81. The van der Waals surface area contributed by atoms with E-state index in [1.165, 1.54) is 0 Å². The molecular formula is C8H18O9. The summed E-state index contributed by atoms with van der Waals surface area (Å²) in [7, 11) is 0. The molecule has 0 fully saturated rings. The van der Waals surface area contributed by atoms with Crippen LogP contribution in [-0.4, -0.2) is 57.3 Å². The van der Waals surface area contributed by atoms with Gasteiger partial charge in [-0.05, 0) is 13.3 Å². The van der Waals surface area contributed by atoms with Crippen molar-refractivity contribution in [3.63, 3.8) is 0 Å². The van der Waals surface area contributed by atoms with Crippen LogP contribution in [0.5, 0.6) is 0 Å². The largest absolute Gasteiger partial charge is 0.503 e. The molecule has 0 aliphatic rings. The lowest BCUT2D eigenvalue weighted by Gasteiger charge is -2.11. The number of ether oxygens (including phenoxy) is 1. The Kier molecular flexibility index (Phi) is 20.6. The maximum Gasteiger partial charge on any atom is 0.503 e. The average molecular weight is 258 g/mol. The topological polar surface area (TPSA) is 154 Å². The quantitative estimate of drug-likeness (QED) is 0.366. The fourth-order valence-corrected chi connectivity index (χ4v) is 0.603. The first-order valence-electron chi connectivity index (χ1n) is 4.53. The van der Waals surface area contributed by atoms with Crippen LogP contribution in [0.25, 0.3) is 0 Å². The van der Waals surface area contributed by atoms with Crippen LogP contribution in [0.4, 0.5) is 9.59 Å². The van der Waals surface area contributed by atoms with Crippen molar-refractivity contribution in [3.05, 3.63) is 0 Å². The Morgan fingerprint density at radius 2 is 1.41 bits per heavy atom. The molecule has 0 aromatic carbocycles. The third kappa shape index (κ3) is 54.0. The highest BCUT2D eigenvalue weighted by molar-refractivity contribution is 5.53. The van der Waals surface area contributed by atoms with Crippen molar-refractivity contribution in [3.8, 4) is 0 Å². The summed E-state index contributed by atoms with van der Waals surface area (Å²) < 4.78 is 5.15. The van der Waals surface area contributed by atoms with E-state index in [1.54, 1.807) is 0 Å². The SMILES string of the molecule is CCOC(CC)COO.O=C(O)O.O=C(O)O. The van der Waals surface area contributed by atoms with Crippen molar-refractivity contribution < 1.29 is 44.9 Å². The van der Waals surface area contributed by atoms with Crippen molar-refractivity contribution in [1.29, 1.82) is 0 Å². The molecule has 104 valence electrons. The van der Waals surface area contributed by atoms with Crippen LogP contribution in [0.2, 0.25) is 0 Å². The zero-order valence-electron chi connectivity index (χ0n) is 9.57. The van der Waals surface area contributed by atoms with Crippen molar-refractivity contribution in [2.75, 3.05) is 13.2 Å². The minimum atomic E-state index is -1.83. The molecule has 17 heavy (non-hydrogen) atoms. The van der Waals surface area contributed by atoms with Gasteiger partial charge in [-0.2, -0.15) is 0 Å². The number of hydrogen-bond donors (Lipinski definition) is 5. The molecule has 0 radical (unpaired) electrons. The summed E-state index contributed by atoms with van der Waals surface area (Å²) in [6, 6.07) is 0. The Balaban J connectivity index is -0.000000205. The number of carbonyl (C=O) groups is 2. The zero-order chi connectivity index (χ0) is 14.3. The Morgan fingerprint density at radius 3 is 1.59 bits per heavy atom. The van der Waals surface area contributed by atoms with Crippen molar-refractivity contribution >= 4 is 12.3 Å². The highest BCUT2D eigenvalue weighted by Gasteiger charge is 2.03. The van der Waals surface area contributed by atoms with Crippen LogP contribution in [-0.2, 0) is 9.62 Å². The summed E-state index contributed by atoms with van der Waals surface area (Å²) in [4.78, 5) is 21.0. The van der Waals surface area contributed by atoms with E-state index in [0.29, 0.717) is 6.61 Å². The predicted octanol–water partition coefficient (Wildman–Crippen LogP) is 1.74. The van der Waals surface area contributed by atoms with Gasteiger partial charge in [-0.15, -0.1) is 0 Å². The van der Waals surface area contributed by atoms with Gasteiger partial charge in [0.25, 0.3) is 0 Å². The fraction of sp³-hybridized carbons (Fsp3) is 0.750. The molecule has 0 aliphatic carbocycles. The van der Waals surface area contributed by atoms with Crippen molar-refractivity contribution in [2.45, 2.75) is 26.4 Å². The molecule has 1 atom stereocenters. The van der Waals surface area contributed by atoms with Crippen molar-refractivity contribution in [1.82, 2.24) is 0 Å². The molecule has 1 unspecified atom stereocenters. The second-order valence-electron chi connectivity index (χ2n) is 2.35. The smallest absolute Gasteiger partial charge is 0.450 e. The lowest BCUT2D eigenvalue weighted by Crippen LogP contribution is -2.17. The predicted molar refractivity (Wildman–Crippen MR) is 55.6 cm³/mol. The Morgan fingerprint density at radius 1 is 1.06 bits per heavy atom. The molecule has 0 aromatic rings. The molecule has 0 bridgehead atoms. The number of carboxylic acid groups (broad SMARTS) is 4. The van der Waals surface area contributed by atoms with Crippen LogP contribution < -0.4 is 0 Å². The summed E-state index contributed by atoms with van der Waals surface area (Å²) in [6.07, 6.45) is -2.76. The lowest BCUT2D eigenvalue weighted by atomic mass is 10.3. The van der Waals surface area contributed by atoms with Gasteiger partial charge in [0, 0.05) is 6.61 Å². The number of rotatable bonds is 5. The van der Waals surface area contributed by atoms with E-state index in [2.05, 4.69) is 4.89 Å². The van der Waals surface area contributed by atoms with Crippen LogP contribution in [0.3, 0.4) is 0 Å². The molecule has 0 amide bonds. The molecule has 9 heteroatoms. The second kappa shape index (κ2) is 16.8. The minimum Gasteiger partial charge on any atom is -0.450 e. The fourth-order valence-electron chi connectivity index (χ4n) is 0.603. The van der Waals surface area contributed by atoms with Crippen molar-refractivity contribution in [2.24, 2.45) is 0 Å². The highest BCUT2D eigenvalue weighted by atomic mass is 17.1. The van der Waals surface area contributed by atoms with Gasteiger partial charge in [0.2, 0.25) is 0 Å². The third-order valence-electron chi connectivity index (χ3n) is 1.12. The van der Waals surface area contributed by atoms with Gasteiger partial charge >= 0.3 is 12.3 Å². The van der Waals surface area contributed by atoms with Crippen LogP contribution in [0, 0.1) is 0 Å². The van der Waals surface area contributed by atoms with E-state index >= 15 is 0 Å². The molecule has 0 spiro atoms. The van der Waals surface area contributed by atoms with Gasteiger partial charge in [-0.1, -0.05) is 6.92 Å². The van der Waals surface area contributed by atoms with E-state index in [-0.39, 0.29) is 12.7 Å². The summed E-state index contributed by atoms with van der Waals surface area (Å²) in [6.45, 7) is 4.84. The molecule has 0 saturated heterocycles. The van der Waals surface area contributed by atoms with E-state index in [9.17, 15) is 0 Å². The standard InChI is InChI=1S/C6H14O3.2CH2O3/c1-3-6(5-9-7)8-4-2;2*2-1(3)4/h6-7H,3-5H2,1-2H3;2*(H2,2,3,4). The molecule has 0 saturated carbocycles. The van der Waals surface area contributed by atoms with Gasteiger partial charge in [0.15, 0.2) is 0 Å². The van der Waals surface area contributed by atoms with E-state index < -0.39 is 12.3 Å². The Bertz CT molecular complexity index is 156. The first kappa shape index (κ1) is 20.8. The van der Waals surface area contributed by atoms with Gasteiger partial charge < -0.3 is 25.2 Å². The second-order valence-corrected chi connectivity index (χ2v) is 2.35. The summed E-state index contributed by atoms with van der Waals surface area (Å²) in [5.74, 6) is 0. The van der Waals surface area contributed by atoms with Gasteiger partial charge in [0.05, 0.1) is 6.10 Å². The van der Waals surface area contributed by atoms with Gasteiger partial charge in [0.1, 0.15) is 6.61 Å². The summed E-state index contributed by atoms with van der Waals surface area (Å²) >= 11 is 0. The van der Waals surface area contributed by atoms with Crippen LogP contribution in [0.15, 0.2) is 0 Å². The maximum absolute atomic E-state index is 8.56. The summed E-state index contributed by atoms with van der Waals surface area (Å²) in [5.41, 5.74) is 0. The van der Waals surface area contributed by atoms with Crippen LogP contribution >= 0.6 is 0 Å². The molecule has 0 aromatic heterocycles. The molecule has 9 nitrogen and oxygen atoms in total. The van der Waals surface area contributed by atoms with E-state index in [0.717, 1.165) is 6.42 Å². The molecule has 0 heterocycles. The van der Waals surface area contributed by atoms with E-state index in [1.807, 2.05) is 13.8 Å². The molecule has 0 rings (SSSR count). The van der Waals surface area contributed by atoms with Gasteiger partial charge in [-0.25, -0.2) is 14.5 Å². The lowest BCUT2D eigenvalue weighted by molar-refractivity contribution is -0.260. The highest BCUT2D eigenvalue weighted by Crippen LogP contribution is 1.96. The summed E-state index contributed by atoms with van der Waals surface area (Å²) in [5, 5.41) is 35.9. The normalized spacial score (nSPS) is 10.1. The molecule has 0 aliphatic heterocycles. The van der Waals surface area contributed by atoms with Crippen LogP contribution in [0.1, 0.15) is 20.3 Å².